The van der Waals surface area contributed by atoms with Crippen molar-refractivity contribution >= 4 is 17.8 Å². The monoisotopic (exact) mass is 276 g/mol. The van der Waals surface area contributed by atoms with Gasteiger partial charge in [-0.25, -0.2) is 9.18 Å². The molecule has 6 nitrogen and oxygen atoms in total. The van der Waals surface area contributed by atoms with Gasteiger partial charge in [-0.1, -0.05) is 0 Å². The van der Waals surface area contributed by atoms with Crippen LogP contribution in [0.2, 0.25) is 0 Å². The summed E-state index contributed by atoms with van der Waals surface area (Å²) in [7, 11) is 0. The summed E-state index contributed by atoms with van der Waals surface area (Å²) in [5.74, 6) is -0.943. The maximum Gasteiger partial charge on any atom is 0.317 e. The van der Waals surface area contributed by atoms with Gasteiger partial charge in [0, 0.05) is 0 Å². The minimum atomic E-state index is -0.820. The third-order valence-electron chi connectivity index (χ3n) is 2.88. The number of aromatic amines is 1. The second kappa shape index (κ2) is 5.04. The van der Waals surface area contributed by atoms with Crippen molar-refractivity contribution in [1.29, 1.82) is 0 Å². The molecule has 0 aliphatic rings. The number of hydrogen-bond acceptors (Lipinski definition) is 2. The van der Waals surface area contributed by atoms with E-state index >= 15 is 0 Å². The van der Waals surface area contributed by atoms with Gasteiger partial charge in [-0.15, -0.1) is 0 Å². The highest BCUT2D eigenvalue weighted by Crippen LogP contribution is 2.30. The molecule has 0 saturated carbocycles. The van der Waals surface area contributed by atoms with Crippen LogP contribution in [0.3, 0.4) is 0 Å². The highest BCUT2D eigenvalue weighted by Gasteiger charge is 2.20. The average molecular weight is 276 g/mol. The Bertz CT molecular complexity index is 676. The van der Waals surface area contributed by atoms with E-state index in [0.717, 1.165) is 0 Å². The molecule has 1 aromatic carbocycles. The predicted molar refractivity (Wildman–Crippen MR) is 72.6 cm³/mol. The van der Waals surface area contributed by atoms with Gasteiger partial charge in [-0.2, -0.15) is 0 Å². The van der Waals surface area contributed by atoms with E-state index in [0.29, 0.717) is 16.8 Å². The number of nitrogens with two attached hydrogens (primary N) is 2. The number of urea groups is 1. The molecule has 6 N–H and O–H groups in total. The van der Waals surface area contributed by atoms with Crippen LogP contribution < -0.4 is 16.8 Å². The molecule has 0 spiro atoms. The van der Waals surface area contributed by atoms with Crippen LogP contribution in [0, 0.1) is 12.7 Å². The van der Waals surface area contributed by atoms with Crippen LogP contribution in [0.5, 0.6) is 0 Å². The molecule has 1 aromatic heterocycles. The fourth-order valence-corrected chi connectivity index (χ4v) is 2.02. The number of benzene rings is 1. The molecule has 20 heavy (non-hydrogen) atoms. The maximum atomic E-state index is 12.9. The van der Waals surface area contributed by atoms with Gasteiger partial charge in [0.25, 0.3) is 5.91 Å². The fraction of sp³-hybridized carbons (Fsp3) is 0.0769. The van der Waals surface area contributed by atoms with Crippen LogP contribution in [0.1, 0.15) is 15.9 Å². The Morgan fingerprint density at radius 3 is 2.30 bits per heavy atom. The van der Waals surface area contributed by atoms with Crippen LogP contribution >= 0.6 is 0 Å². The Balaban J connectivity index is 2.57. The largest absolute Gasteiger partial charge is 0.365 e. The van der Waals surface area contributed by atoms with Crippen LogP contribution in [0.25, 0.3) is 11.3 Å². The van der Waals surface area contributed by atoms with Gasteiger partial charge in [0.1, 0.15) is 11.6 Å². The quantitative estimate of drug-likeness (QED) is 0.683. The lowest BCUT2D eigenvalue weighted by Gasteiger charge is -2.00. The van der Waals surface area contributed by atoms with Crippen molar-refractivity contribution in [2.45, 2.75) is 6.92 Å². The topological polar surface area (TPSA) is 114 Å². The number of aromatic nitrogens is 1. The van der Waals surface area contributed by atoms with Crippen LogP contribution in [0.15, 0.2) is 24.3 Å². The zero-order chi connectivity index (χ0) is 14.9. The minimum absolute atomic E-state index is 0.127. The molecule has 0 radical (unpaired) electrons. The minimum Gasteiger partial charge on any atom is -0.365 e. The number of primary amides is 2. The lowest BCUT2D eigenvalue weighted by Crippen LogP contribution is -2.22. The Hall–Kier alpha value is -2.83. The molecule has 2 rings (SSSR count). The molecular formula is C13H13FN4O2. The number of halogens is 1. The summed E-state index contributed by atoms with van der Waals surface area (Å²) in [5.41, 5.74) is 12.2. The van der Waals surface area contributed by atoms with Crippen molar-refractivity contribution in [2.75, 3.05) is 5.32 Å². The van der Waals surface area contributed by atoms with E-state index in [1.54, 1.807) is 19.1 Å². The van der Waals surface area contributed by atoms with E-state index in [1.165, 1.54) is 12.1 Å². The normalized spacial score (nSPS) is 10.3. The number of rotatable bonds is 3. The number of hydrogen-bond donors (Lipinski definition) is 4. The number of anilines is 1. The Kier molecular flexibility index (Phi) is 3.43. The number of nitrogens with one attached hydrogen (secondary N) is 2. The Labute approximate surface area is 114 Å². The third kappa shape index (κ3) is 2.46. The second-order valence-electron chi connectivity index (χ2n) is 4.24. The summed E-state index contributed by atoms with van der Waals surface area (Å²) in [6, 6.07) is 4.86. The van der Waals surface area contributed by atoms with Crippen molar-refractivity contribution in [2.24, 2.45) is 11.5 Å². The van der Waals surface area contributed by atoms with Gasteiger partial charge in [-0.05, 0) is 42.3 Å². The Morgan fingerprint density at radius 1 is 1.20 bits per heavy atom. The first-order valence-electron chi connectivity index (χ1n) is 5.75. The maximum absolute atomic E-state index is 12.9. The smallest absolute Gasteiger partial charge is 0.317 e. The summed E-state index contributed by atoms with van der Waals surface area (Å²) < 4.78 is 12.9. The molecular weight excluding hydrogens is 263 g/mol. The number of carbonyl (C=O) groups excluding carboxylic acids is 2. The molecule has 0 saturated heterocycles. The van der Waals surface area contributed by atoms with Gasteiger partial charge in [0.05, 0.1) is 11.3 Å². The highest BCUT2D eigenvalue weighted by atomic mass is 19.1. The van der Waals surface area contributed by atoms with Crippen LogP contribution in [0.4, 0.5) is 15.0 Å². The average Bonchev–Trinajstić information content (AvgIpc) is 2.66. The van der Waals surface area contributed by atoms with E-state index in [1.807, 2.05) is 0 Å². The molecule has 0 unspecified atom stereocenters. The zero-order valence-electron chi connectivity index (χ0n) is 10.7. The van der Waals surface area contributed by atoms with Crippen molar-refractivity contribution in [3.8, 4) is 11.3 Å². The Morgan fingerprint density at radius 2 is 1.80 bits per heavy atom. The summed E-state index contributed by atoms with van der Waals surface area (Å²) in [6.07, 6.45) is 0. The molecule has 7 heteroatoms. The molecule has 0 fully saturated rings. The summed E-state index contributed by atoms with van der Waals surface area (Å²) in [5, 5.41) is 2.31. The van der Waals surface area contributed by atoms with Gasteiger partial charge in [-0.3, -0.25) is 10.1 Å². The second-order valence-corrected chi connectivity index (χ2v) is 4.24. The molecule has 0 aliphatic heterocycles. The van der Waals surface area contributed by atoms with Gasteiger partial charge < -0.3 is 16.5 Å². The van der Waals surface area contributed by atoms with E-state index in [-0.39, 0.29) is 17.2 Å². The van der Waals surface area contributed by atoms with Crippen molar-refractivity contribution < 1.29 is 14.0 Å². The molecule has 0 atom stereocenters. The number of carbonyl (C=O) groups is 2. The first-order chi connectivity index (χ1) is 9.40. The zero-order valence-corrected chi connectivity index (χ0v) is 10.7. The van der Waals surface area contributed by atoms with E-state index in [4.69, 9.17) is 11.5 Å². The highest BCUT2D eigenvalue weighted by molar-refractivity contribution is 6.04. The predicted octanol–water partition coefficient (Wildman–Crippen LogP) is 1.72. The van der Waals surface area contributed by atoms with E-state index in [9.17, 15) is 14.0 Å². The molecule has 0 aliphatic carbocycles. The number of H-pyrrole nitrogens is 1. The fourth-order valence-electron chi connectivity index (χ4n) is 2.02. The van der Waals surface area contributed by atoms with Crippen molar-refractivity contribution in [1.82, 2.24) is 4.98 Å². The lowest BCUT2D eigenvalue weighted by atomic mass is 10.1. The SMILES string of the molecule is Cc1c(-c2ccc(F)cc2)[nH]c(NC(N)=O)c1C(N)=O. The summed E-state index contributed by atoms with van der Waals surface area (Å²) in [4.78, 5) is 25.3. The molecule has 1 heterocycles. The van der Waals surface area contributed by atoms with E-state index in [2.05, 4.69) is 10.3 Å². The van der Waals surface area contributed by atoms with Crippen LogP contribution in [-0.4, -0.2) is 16.9 Å². The summed E-state index contributed by atoms with van der Waals surface area (Å²) in [6.45, 7) is 1.67. The van der Waals surface area contributed by atoms with Gasteiger partial charge in [0.15, 0.2) is 0 Å². The first-order valence-corrected chi connectivity index (χ1v) is 5.75. The van der Waals surface area contributed by atoms with Crippen molar-refractivity contribution in [3.63, 3.8) is 0 Å². The van der Waals surface area contributed by atoms with Crippen LogP contribution in [-0.2, 0) is 0 Å². The molecule has 3 amide bonds. The molecule has 104 valence electrons. The standard InChI is InChI=1S/C13H13FN4O2/c1-6-9(11(15)19)12(18-13(16)20)17-10(6)7-2-4-8(14)5-3-7/h2-5,17H,1H3,(H2,15,19)(H3,16,18,20). The van der Waals surface area contributed by atoms with Gasteiger partial charge >= 0.3 is 6.03 Å². The van der Waals surface area contributed by atoms with Crippen molar-refractivity contribution in [3.05, 3.63) is 41.2 Å². The lowest BCUT2D eigenvalue weighted by molar-refractivity contribution is 0.100. The van der Waals surface area contributed by atoms with E-state index < -0.39 is 11.9 Å². The molecule has 2 aromatic rings. The first kappa shape index (κ1) is 13.6. The number of amides is 3. The molecule has 0 bridgehead atoms. The van der Waals surface area contributed by atoms with Gasteiger partial charge in [0.2, 0.25) is 0 Å². The summed E-state index contributed by atoms with van der Waals surface area (Å²) >= 11 is 0. The third-order valence-corrected chi connectivity index (χ3v) is 2.88.